The molecule has 0 aliphatic heterocycles. The topological polar surface area (TPSA) is 62.5 Å². The molecule has 0 aliphatic rings. The Morgan fingerprint density at radius 2 is 2.00 bits per heavy atom. The fourth-order valence-corrected chi connectivity index (χ4v) is 1.63. The molecule has 0 amide bonds. The summed E-state index contributed by atoms with van der Waals surface area (Å²) >= 11 is 0. The predicted molar refractivity (Wildman–Crippen MR) is 64.2 cm³/mol. The van der Waals surface area contributed by atoms with Gasteiger partial charge in [0, 0.05) is 13.0 Å². The summed E-state index contributed by atoms with van der Waals surface area (Å²) in [6, 6.07) is 5.03. The van der Waals surface area contributed by atoms with Gasteiger partial charge in [0.1, 0.15) is 23.1 Å². The van der Waals surface area contributed by atoms with Crippen LogP contribution in [0.1, 0.15) is 16.1 Å². The third kappa shape index (κ3) is 3.09. The van der Waals surface area contributed by atoms with Crippen LogP contribution in [-0.2, 0) is 6.42 Å². The molecule has 0 fully saturated rings. The summed E-state index contributed by atoms with van der Waals surface area (Å²) < 4.78 is 32.2. The monoisotopic (exact) mass is 267 g/mol. The first-order valence-corrected chi connectivity index (χ1v) is 5.56. The molecule has 2 rings (SSSR count). The molecule has 0 aliphatic carbocycles. The summed E-state index contributed by atoms with van der Waals surface area (Å²) in [4.78, 5) is 10.6. The lowest BCUT2D eigenvalue weighted by Gasteiger charge is -2.08. The summed E-state index contributed by atoms with van der Waals surface area (Å²) in [5, 5.41) is 11.2. The molecule has 100 valence electrons. The molecule has 0 saturated carbocycles. The third-order valence-corrected chi connectivity index (χ3v) is 2.54. The van der Waals surface area contributed by atoms with Gasteiger partial charge >= 0.3 is 5.97 Å². The molecule has 4 nitrogen and oxygen atoms in total. The fourth-order valence-electron chi connectivity index (χ4n) is 1.63. The number of rotatable bonds is 5. The maximum absolute atomic E-state index is 13.5. The number of carbonyl (C=O) groups is 1. The van der Waals surface area contributed by atoms with Crippen LogP contribution in [0.2, 0.25) is 0 Å². The number of hydrogen-bond donors (Lipinski definition) is 2. The molecule has 19 heavy (non-hydrogen) atoms. The van der Waals surface area contributed by atoms with Crippen molar-refractivity contribution in [3.63, 3.8) is 0 Å². The highest BCUT2D eigenvalue weighted by molar-refractivity contribution is 5.88. The van der Waals surface area contributed by atoms with Crippen molar-refractivity contribution < 1.29 is 23.1 Å². The zero-order valence-corrected chi connectivity index (χ0v) is 9.82. The van der Waals surface area contributed by atoms with Gasteiger partial charge in [-0.1, -0.05) is 0 Å². The molecule has 0 atom stereocenters. The van der Waals surface area contributed by atoms with Crippen molar-refractivity contribution >= 4 is 11.7 Å². The summed E-state index contributed by atoms with van der Waals surface area (Å²) in [5.74, 6) is -2.55. The van der Waals surface area contributed by atoms with Crippen LogP contribution in [0.5, 0.6) is 0 Å². The molecule has 0 spiro atoms. The molecule has 0 unspecified atom stereocenters. The zero-order chi connectivity index (χ0) is 13.8. The van der Waals surface area contributed by atoms with Crippen molar-refractivity contribution in [1.82, 2.24) is 0 Å². The van der Waals surface area contributed by atoms with Crippen molar-refractivity contribution in [3.8, 4) is 0 Å². The molecule has 1 heterocycles. The molecule has 2 aromatic rings. The molecular formula is C13H11F2NO3. The van der Waals surface area contributed by atoms with E-state index >= 15 is 0 Å². The summed E-state index contributed by atoms with van der Waals surface area (Å²) in [5.41, 5.74) is -0.761. The minimum Gasteiger partial charge on any atom is -0.478 e. The minimum absolute atomic E-state index is 0.272. The van der Waals surface area contributed by atoms with Crippen molar-refractivity contribution in [2.45, 2.75) is 6.42 Å². The van der Waals surface area contributed by atoms with Gasteiger partial charge in [0.15, 0.2) is 0 Å². The van der Waals surface area contributed by atoms with Gasteiger partial charge in [-0.2, -0.15) is 0 Å². The number of halogens is 2. The molecule has 0 bridgehead atoms. The second-order valence-electron chi connectivity index (χ2n) is 3.88. The van der Waals surface area contributed by atoms with E-state index in [2.05, 4.69) is 5.32 Å². The van der Waals surface area contributed by atoms with E-state index in [1.807, 2.05) is 0 Å². The molecule has 0 saturated heterocycles. The quantitative estimate of drug-likeness (QED) is 0.874. The first-order valence-electron chi connectivity index (χ1n) is 5.56. The van der Waals surface area contributed by atoms with Gasteiger partial charge in [-0.25, -0.2) is 13.6 Å². The van der Waals surface area contributed by atoms with E-state index in [-0.39, 0.29) is 12.2 Å². The lowest BCUT2D eigenvalue weighted by atomic mass is 10.2. The van der Waals surface area contributed by atoms with Crippen LogP contribution in [0, 0.1) is 11.6 Å². The first kappa shape index (κ1) is 13.1. The fraction of sp³-hybridized carbons (Fsp3) is 0.154. The maximum Gasteiger partial charge on any atom is 0.335 e. The van der Waals surface area contributed by atoms with E-state index in [0.29, 0.717) is 12.2 Å². The Bertz CT molecular complexity index is 559. The Kier molecular flexibility index (Phi) is 3.79. The Hall–Kier alpha value is -2.37. The van der Waals surface area contributed by atoms with Crippen LogP contribution in [0.15, 0.2) is 34.9 Å². The Balaban J connectivity index is 2.06. The predicted octanol–water partition coefficient (Wildman–Crippen LogP) is 2.91. The van der Waals surface area contributed by atoms with Gasteiger partial charge in [-0.15, -0.1) is 0 Å². The van der Waals surface area contributed by atoms with Crippen LogP contribution in [0.4, 0.5) is 14.5 Å². The van der Waals surface area contributed by atoms with Crippen LogP contribution in [0.25, 0.3) is 0 Å². The van der Waals surface area contributed by atoms with Gasteiger partial charge < -0.3 is 14.8 Å². The number of aromatic carboxylic acids is 1. The van der Waals surface area contributed by atoms with Crippen LogP contribution < -0.4 is 5.32 Å². The average Bonchev–Trinajstić information content (AvgIpc) is 2.85. The van der Waals surface area contributed by atoms with E-state index < -0.39 is 23.2 Å². The molecule has 2 N–H and O–H groups in total. The van der Waals surface area contributed by atoms with Gasteiger partial charge in [0.25, 0.3) is 0 Å². The Morgan fingerprint density at radius 3 is 2.53 bits per heavy atom. The number of carboxylic acids is 1. The van der Waals surface area contributed by atoms with Gasteiger partial charge in [-0.3, -0.25) is 0 Å². The minimum atomic E-state index is -1.38. The van der Waals surface area contributed by atoms with E-state index in [1.165, 1.54) is 6.26 Å². The SMILES string of the molecule is O=C(O)c1cc(F)c(NCCc2ccco2)c(F)c1. The normalized spacial score (nSPS) is 10.4. The first-order chi connectivity index (χ1) is 9.08. The average molecular weight is 267 g/mol. The summed E-state index contributed by atoms with van der Waals surface area (Å²) in [6.07, 6.45) is 1.98. The van der Waals surface area contributed by atoms with Crippen molar-refractivity contribution in [2.75, 3.05) is 11.9 Å². The van der Waals surface area contributed by atoms with E-state index in [1.54, 1.807) is 12.1 Å². The molecule has 6 heteroatoms. The highest BCUT2D eigenvalue weighted by Crippen LogP contribution is 2.21. The number of hydrogen-bond acceptors (Lipinski definition) is 3. The highest BCUT2D eigenvalue weighted by atomic mass is 19.1. The van der Waals surface area contributed by atoms with Crippen molar-refractivity contribution in [2.24, 2.45) is 0 Å². The van der Waals surface area contributed by atoms with Crippen LogP contribution in [0.3, 0.4) is 0 Å². The molecule has 0 radical (unpaired) electrons. The van der Waals surface area contributed by atoms with Crippen molar-refractivity contribution in [3.05, 3.63) is 53.5 Å². The van der Waals surface area contributed by atoms with E-state index in [9.17, 15) is 13.6 Å². The summed E-state index contributed by atoms with van der Waals surface area (Å²) in [7, 11) is 0. The lowest BCUT2D eigenvalue weighted by Crippen LogP contribution is -2.09. The number of carboxylic acid groups (broad SMARTS) is 1. The summed E-state index contributed by atoms with van der Waals surface area (Å²) in [6.45, 7) is 0.272. The zero-order valence-electron chi connectivity index (χ0n) is 9.82. The van der Waals surface area contributed by atoms with Gasteiger partial charge in [0.05, 0.1) is 11.8 Å². The second-order valence-corrected chi connectivity index (χ2v) is 3.88. The molecule has 1 aromatic heterocycles. The number of nitrogens with one attached hydrogen (secondary N) is 1. The Morgan fingerprint density at radius 1 is 1.32 bits per heavy atom. The number of benzene rings is 1. The van der Waals surface area contributed by atoms with Gasteiger partial charge in [-0.05, 0) is 24.3 Å². The number of furan rings is 1. The number of anilines is 1. The van der Waals surface area contributed by atoms with E-state index in [4.69, 9.17) is 9.52 Å². The standard InChI is InChI=1S/C13H11F2NO3/c14-10-6-8(13(17)18)7-11(15)12(10)16-4-3-9-2-1-5-19-9/h1-2,5-7,16H,3-4H2,(H,17,18). The Labute approximate surface area is 107 Å². The molecular weight excluding hydrogens is 256 g/mol. The smallest absolute Gasteiger partial charge is 0.335 e. The second kappa shape index (κ2) is 5.51. The van der Waals surface area contributed by atoms with E-state index in [0.717, 1.165) is 12.1 Å². The van der Waals surface area contributed by atoms with Crippen LogP contribution in [-0.4, -0.2) is 17.6 Å². The highest BCUT2D eigenvalue weighted by Gasteiger charge is 2.14. The largest absolute Gasteiger partial charge is 0.478 e. The third-order valence-electron chi connectivity index (χ3n) is 2.54. The maximum atomic E-state index is 13.5. The van der Waals surface area contributed by atoms with Gasteiger partial charge in [0.2, 0.25) is 0 Å². The van der Waals surface area contributed by atoms with Crippen LogP contribution >= 0.6 is 0 Å². The lowest BCUT2D eigenvalue weighted by molar-refractivity contribution is 0.0696. The van der Waals surface area contributed by atoms with Crippen molar-refractivity contribution in [1.29, 1.82) is 0 Å². The molecule has 1 aromatic carbocycles.